The Bertz CT molecular complexity index is 395. The number of Topliss-reactive ketones (excluding diaryl/α,β-unsaturated/α-hetero) is 1. The van der Waals surface area contributed by atoms with Crippen molar-refractivity contribution in [3.8, 4) is 0 Å². The Morgan fingerprint density at radius 3 is 2.80 bits per heavy atom. The van der Waals surface area contributed by atoms with Crippen molar-refractivity contribution >= 4 is 23.5 Å². The minimum atomic E-state index is -1.25. The van der Waals surface area contributed by atoms with E-state index in [2.05, 4.69) is 4.98 Å². The minimum Gasteiger partial charge on any atom is -0.465 e. The Kier molecular flexibility index (Phi) is 3.62. The maximum Gasteiger partial charge on any atom is 0.405 e. The SMILES string of the molecule is C[C@H](NC(=O)O)C(=O)c1cc(Cl)ccn1. The van der Waals surface area contributed by atoms with Crippen LogP contribution in [0.1, 0.15) is 17.4 Å². The molecule has 0 aliphatic heterocycles. The van der Waals surface area contributed by atoms with Crippen molar-refractivity contribution in [2.24, 2.45) is 0 Å². The molecule has 0 spiro atoms. The van der Waals surface area contributed by atoms with E-state index in [0.717, 1.165) is 0 Å². The summed E-state index contributed by atoms with van der Waals surface area (Å²) in [6, 6.07) is 2.09. The summed E-state index contributed by atoms with van der Waals surface area (Å²) in [5.74, 6) is -0.417. The van der Waals surface area contributed by atoms with Crippen molar-refractivity contribution in [3.63, 3.8) is 0 Å². The van der Waals surface area contributed by atoms with E-state index >= 15 is 0 Å². The molecule has 0 unspecified atom stereocenters. The first-order valence-electron chi connectivity index (χ1n) is 4.16. The molecule has 0 saturated carbocycles. The van der Waals surface area contributed by atoms with Crippen molar-refractivity contribution < 1.29 is 14.7 Å². The van der Waals surface area contributed by atoms with E-state index in [9.17, 15) is 9.59 Å². The molecular formula is C9H9ClN2O3. The fourth-order valence-corrected chi connectivity index (χ4v) is 1.17. The van der Waals surface area contributed by atoms with E-state index in [4.69, 9.17) is 16.7 Å². The number of hydrogen-bond acceptors (Lipinski definition) is 3. The van der Waals surface area contributed by atoms with Crippen LogP contribution in [0.3, 0.4) is 0 Å². The van der Waals surface area contributed by atoms with Gasteiger partial charge in [-0.2, -0.15) is 0 Å². The highest BCUT2D eigenvalue weighted by Crippen LogP contribution is 2.09. The summed E-state index contributed by atoms with van der Waals surface area (Å²) in [5, 5.41) is 10.9. The van der Waals surface area contributed by atoms with Crippen LogP contribution in [0, 0.1) is 0 Å². The van der Waals surface area contributed by atoms with Gasteiger partial charge in [-0.05, 0) is 19.1 Å². The molecule has 15 heavy (non-hydrogen) atoms. The zero-order chi connectivity index (χ0) is 11.4. The van der Waals surface area contributed by atoms with Gasteiger partial charge in [0.15, 0.2) is 0 Å². The van der Waals surface area contributed by atoms with E-state index < -0.39 is 17.9 Å². The molecule has 0 bridgehead atoms. The molecule has 1 heterocycles. The summed E-state index contributed by atoms with van der Waals surface area (Å²) in [6.45, 7) is 1.44. The van der Waals surface area contributed by atoms with E-state index in [1.54, 1.807) is 0 Å². The number of amides is 1. The van der Waals surface area contributed by atoms with Gasteiger partial charge in [-0.25, -0.2) is 4.79 Å². The largest absolute Gasteiger partial charge is 0.465 e. The molecule has 0 saturated heterocycles. The number of hydrogen-bond donors (Lipinski definition) is 2. The van der Waals surface area contributed by atoms with Crippen LogP contribution in [-0.2, 0) is 0 Å². The average molecular weight is 229 g/mol. The van der Waals surface area contributed by atoms with Gasteiger partial charge in [-0.1, -0.05) is 11.6 Å². The molecule has 1 amide bonds. The number of carbonyl (C=O) groups is 2. The number of nitrogens with zero attached hydrogens (tertiary/aromatic N) is 1. The van der Waals surface area contributed by atoms with Crippen LogP contribution in [0.4, 0.5) is 4.79 Å². The van der Waals surface area contributed by atoms with Gasteiger partial charge in [0.05, 0.1) is 6.04 Å². The number of halogens is 1. The Morgan fingerprint density at radius 2 is 2.27 bits per heavy atom. The number of carboxylic acid groups (broad SMARTS) is 1. The van der Waals surface area contributed by atoms with Gasteiger partial charge in [0, 0.05) is 11.2 Å². The Labute approximate surface area is 91.1 Å². The number of nitrogens with one attached hydrogen (secondary N) is 1. The second-order valence-corrected chi connectivity index (χ2v) is 3.33. The van der Waals surface area contributed by atoms with Gasteiger partial charge >= 0.3 is 6.09 Å². The first-order valence-corrected chi connectivity index (χ1v) is 4.53. The summed E-state index contributed by atoms with van der Waals surface area (Å²) in [7, 11) is 0. The van der Waals surface area contributed by atoms with Gasteiger partial charge < -0.3 is 10.4 Å². The molecular weight excluding hydrogens is 220 g/mol. The maximum atomic E-state index is 11.6. The summed E-state index contributed by atoms with van der Waals surface area (Å²) < 4.78 is 0. The Morgan fingerprint density at radius 1 is 1.60 bits per heavy atom. The maximum absolute atomic E-state index is 11.6. The fraction of sp³-hybridized carbons (Fsp3) is 0.222. The third kappa shape index (κ3) is 3.21. The number of rotatable bonds is 3. The molecule has 1 aromatic heterocycles. The highest BCUT2D eigenvalue weighted by Gasteiger charge is 2.18. The van der Waals surface area contributed by atoms with E-state index in [0.29, 0.717) is 5.02 Å². The second-order valence-electron chi connectivity index (χ2n) is 2.89. The predicted molar refractivity (Wildman–Crippen MR) is 54.2 cm³/mol. The lowest BCUT2D eigenvalue weighted by Gasteiger charge is -2.09. The number of pyridine rings is 1. The molecule has 0 aromatic carbocycles. The zero-order valence-corrected chi connectivity index (χ0v) is 8.65. The smallest absolute Gasteiger partial charge is 0.405 e. The third-order valence-corrected chi connectivity index (χ3v) is 1.94. The van der Waals surface area contributed by atoms with Gasteiger partial charge in [0.2, 0.25) is 5.78 Å². The molecule has 1 rings (SSSR count). The quantitative estimate of drug-likeness (QED) is 0.770. The highest BCUT2D eigenvalue weighted by atomic mass is 35.5. The fourth-order valence-electron chi connectivity index (χ4n) is 1.01. The number of ketones is 1. The monoisotopic (exact) mass is 228 g/mol. The minimum absolute atomic E-state index is 0.142. The number of carbonyl (C=O) groups excluding carboxylic acids is 1. The molecule has 1 atom stereocenters. The Balaban J connectivity index is 2.80. The molecule has 0 aliphatic rings. The lowest BCUT2D eigenvalue weighted by molar-refractivity contribution is 0.0940. The number of aromatic nitrogens is 1. The van der Waals surface area contributed by atoms with Gasteiger partial charge in [0.25, 0.3) is 0 Å². The zero-order valence-electron chi connectivity index (χ0n) is 7.90. The van der Waals surface area contributed by atoms with Gasteiger partial charge in [0.1, 0.15) is 5.69 Å². The van der Waals surface area contributed by atoms with E-state index in [1.165, 1.54) is 25.3 Å². The van der Waals surface area contributed by atoms with Crippen LogP contribution < -0.4 is 5.32 Å². The third-order valence-electron chi connectivity index (χ3n) is 1.71. The summed E-state index contributed by atoms with van der Waals surface area (Å²) in [5.41, 5.74) is 0.142. The van der Waals surface area contributed by atoms with E-state index in [1.807, 2.05) is 5.32 Å². The van der Waals surface area contributed by atoms with Crippen molar-refractivity contribution in [1.82, 2.24) is 10.3 Å². The predicted octanol–water partition coefficient (Wildman–Crippen LogP) is 1.57. The summed E-state index contributed by atoms with van der Waals surface area (Å²) in [4.78, 5) is 25.7. The molecule has 0 radical (unpaired) electrons. The van der Waals surface area contributed by atoms with Crippen LogP contribution in [0.5, 0.6) is 0 Å². The first-order chi connectivity index (χ1) is 7.00. The van der Waals surface area contributed by atoms with Crippen molar-refractivity contribution in [2.75, 3.05) is 0 Å². The normalized spacial score (nSPS) is 11.9. The lowest BCUT2D eigenvalue weighted by Crippen LogP contribution is -2.37. The summed E-state index contributed by atoms with van der Waals surface area (Å²) in [6.07, 6.45) is 0.140. The lowest BCUT2D eigenvalue weighted by atomic mass is 10.1. The van der Waals surface area contributed by atoms with Gasteiger partial charge in [-0.3, -0.25) is 9.78 Å². The van der Waals surface area contributed by atoms with Crippen LogP contribution >= 0.6 is 11.6 Å². The molecule has 2 N–H and O–H groups in total. The Hall–Kier alpha value is -1.62. The second kappa shape index (κ2) is 4.75. The van der Waals surface area contributed by atoms with Crippen molar-refractivity contribution in [1.29, 1.82) is 0 Å². The first kappa shape index (κ1) is 11.5. The molecule has 0 aliphatic carbocycles. The van der Waals surface area contributed by atoms with Crippen LogP contribution in [0.25, 0.3) is 0 Å². The van der Waals surface area contributed by atoms with E-state index in [-0.39, 0.29) is 5.69 Å². The molecule has 6 heteroatoms. The topological polar surface area (TPSA) is 79.3 Å². The molecule has 80 valence electrons. The van der Waals surface area contributed by atoms with Crippen molar-refractivity contribution in [3.05, 3.63) is 29.0 Å². The molecule has 5 nitrogen and oxygen atoms in total. The van der Waals surface area contributed by atoms with Crippen LogP contribution in [0.15, 0.2) is 18.3 Å². The summed E-state index contributed by atoms with van der Waals surface area (Å²) >= 11 is 5.67. The molecule has 0 fully saturated rings. The molecule has 1 aromatic rings. The van der Waals surface area contributed by atoms with Gasteiger partial charge in [-0.15, -0.1) is 0 Å². The standard InChI is InChI=1S/C9H9ClN2O3/c1-5(12-9(14)15)8(13)7-4-6(10)2-3-11-7/h2-5,12H,1H3,(H,14,15)/t5-/m0/s1. The highest BCUT2D eigenvalue weighted by molar-refractivity contribution is 6.30. The van der Waals surface area contributed by atoms with Crippen molar-refractivity contribution in [2.45, 2.75) is 13.0 Å². The van der Waals surface area contributed by atoms with Crippen LogP contribution in [0.2, 0.25) is 5.02 Å². The average Bonchev–Trinajstić information content (AvgIpc) is 2.15. The van der Waals surface area contributed by atoms with Crippen LogP contribution in [-0.4, -0.2) is 28.0 Å².